The maximum Gasteiger partial charge on any atom is 0.326 e. The lowest BCUT2D eigenvalue weighted by molar-refractivity contribution is -0.142. The van der Waals surface area contributed by atoms with Crippen LogP contribution in [0.15, 0.2) is 48.7 Å². The number of hydrogen-bond donors (Lipinski definition) is 4. The van der Waals surface area contributed by atoms with Crippen molar-refractivity contribution in [3.05, 3.63) is 65.4 Å². The third-order valence-electron chi connectivity index (χ3n) is 6.28. The maximum atomic E-state index is 13.2. The van der Waals surface area contributed by atoms with Crippen LogP contribution in [0.3, 0.4) is 0 Å². The van der Waals surface area contributed by atoms with Crippen LogP contribution in [0.1, 0.15) is 36.0 Å². The normalized spacial score (nSPS) is 17.0. The highest BCUT2D eigenvalue weighted by molar-refractivity contribution is 7.80. The van der Waals surface area contributed by atoms with Gasteiger partial charge in [-0.2, -0.15) is 12.6 Å². The number of carboxylic acid groups (broad SMARTS) is 1. The monoisotopic (exact) mass is 452 g/mol. The maximum absolute atomic E-state index is 13.2. The molecule has 1 aromatic heterocycles. The Morgan fingerprint density at radius 1 is 1.28 bits per heavy atom. The SMILES string of the molecule is CCOc1ccc2c(c1)CCC2C(CS)C(=O)N[C@@H](Cc1c[nH]c2ccccc12)C(=O)O. The first-order valence-corrected chi connectivity index (χ1v) is 11.6. The molecule has 32 heavy (non-hydrogen) atoms. The van der Waals surface area contributed by atoms with E-state index in [4.69, 9.17) is 4.74 Å². The van der Waals surface area contributed by atoms with E-state index in [0.717, 1.165) is 40.6 Å². The number of aliphatic carboxylic acids is 1. The first kappa shape index (κ1) is 22.3. The number of aryl methyl sites for hydroxylation is 1. The van der Waals surface area contributed by atoms with E-state index in [-0.39, 0.29) is 18.2 Å². The molecule has 3 N–H and O–H groups in total. The largest absolute Gasteiger partial charge is 0.494 e. The lowest BCUT2D eigenvalue weighted by Crippen LogP contribution is -2.46. The average molecular weight is 453 g/mol. The zero-order valence-corrected chi connectivity index (χ0v) is 18.9. The molecule has 2 aromatic carbocycles. The van der Waals surface area contributed by atoms with Crippen LogP contribution in [-0.2, 0) is 22.4 Å². The van der Waals surface area contributed by atoms with Crippen LogP contribution >= 0.6 is 12.6 Å². The smallest absolute Gasteiger partial charge is 0.326 e. The van der Waals surface area contributed by atoms with Crippen molar-refractivity contribution in [3.63, 3.8) is 0 Å². The highest BCUT2D eigenvalue weighted by atomic mass is 32.1. The van der Waals surface area contributed by atoms with Crippen molar-refractivity contribution >= 4 is 35.4 Å². The molecule has 1 heterocycles. The fraction of sp³-hybridized carbons (Fsp3) is 0.360. The number of aromatic amines is 1. The molecule has 0 spiro atoms. The number of carbonyl (C=O) groups is 2. The molecule has 1 amide bonds. The minimum absolute atomic E-state index is 0.0145. The van der Waals surface area contributed by atoms with E-state index in [2.05, 4.69) is 22.9 Å². The number of benzene rings is 2. The number of aromatic nitrogens is 1. The van der Waals surface area contributed by atoms with Gasteiger partial charge in [-0.3, -0.25) is 4.79 Å². The van der Waals surface area contributed by atoms with Gasteiger partial charge in [0.25, 0.3) is 0 Å². The van der Waals surface area contributed by atoms with Gasteiger partial charge in [0.15, 0.2) is 0 Å². The van der Waals surface area contributed by atoms with Crippen LogP contribution in [0.4, 0.5) is 0 Å². The number of carboxylic acids is 1. The number of rotatable bonds is 9. The van der Waals surface area contributed by atoms with E-state index >= 15 is 0 Å². The number of H-pyrrole nitrogens is 1. The molecule has 4 rings (SSSR count). The number of fused-ring (bicyclic) bond motifs is 2. The summed E-state index contributed by atoms with van der Waals surface area (Å²) < 4.78 is 5.60. The predicted octanol–water partition coefficient (Wildman–Crippen LogP) is 3.95. The summed E-state index contributed by atoms with van der Waals surface area (Å²) in [7, 11) is 0. The number of para-hydroxylation sites is 1. The van der Waals surface area contributed by atoms with Gasteiger partial charge in [0, 0.05) is 29.3 Å². The van der Waals surface area contributed by atoms with Gasteiger partial charge in [-0.1, -0.05) is 24.3 Å². The second kappa shape index (κ2) is 9.69. The molecular formula is C25H28N2O4S. The highest BCUT2D eigenvalue weighted by Crippen LogP contribution is 2.40. The number of amides is 1. The molecule has 0 radical (unpaired) electrons. The van der Waals surface area contributed by atoms with Crippen molar-refractivity contribution in [2.75, 3.05) is 12.4 Å². The Kier molecular flexibility index (Phi) is 6.74. The minimum atomic E-state index is -1.05. The summed E-state index contributed by atoms with van der Waals surface area (Å²) in [6.45, 7) is 2.56. The van der Waals surface area contributed by atoms with Gasteiger partial charge < -0.3 is 20.1 Å². The zero-order chi connectivity index (χ0) is 22.7. The molecule has 6 nitrogen and oxygen atoms in total. The van der Waals surface area contributed by atoms with E-state index in [0.29, 0.717) is 12.4 Å². The van der Waals surface area contributed by atoms with Gasteiger partial charge in [0.1, 0.15) is 11.8 Å². The van der Waals surface area contributed by atoms with E-state index in [9.17, 15) is 14.7 Å². The first-order valence-electron chi connectivity index (χ1n) is 11.0. The number of thiol groups is 1. The molecule has 3 atom stereocenters. The van der Waals surface area contributed by atoms with E-state index in [1.54, 1.807) is 0 Å². The Morgan fingerprint density at radius 3 is 2.84 bits per heavy atom. The van der Waals surface area contributed by atoms with Gasteiger partial charge in [0.05, 0.1) is 12.5 Å². The van der Waals surface area contributed by atoms with Gasteiger partial charge >= 0.3 is 5.97 Å². The van der Waals surface area contributed by atoms with E-state index < -0.39 is 17.9 Å². The van der Waals surface area contributed by atoms with Crippen LogP contribution < -0.4 is 10.1 Å². The summed E-state index contributed by atoms with van der Waals surface area (Å²) in [5, 5.41) is 13.5. The van der Waals surface area contributed by atoms with Crippen molar-refractivity contribution in [2.45, 2.75) is 38.1 Å². The fourth-order valence-corrected chi connectivity index (χ4v) is 5.11. The molecule has 3 aromatic rings. The summed E-state index contributed by atoms with van der Waals surface area (Å²) in [5.41, 5.74) is 4.13. The molecule has 1 aliphatic rings. The molecule has 0 bridgehead atoms. The molecule has 1 aliphatic carbocycles. The number of ether oxygens (including phenoxy) is 1. The summed E-state index contributed by atoms with van der Waals surface area (Å²) in [6, 6.07) is 12.7. The van der Waals surface area contributed by atoms with Crippen molar-refractivity contribution in [3.8, 4) is 5.75 Å². The molecule has 0 saturated carbocycles. The summed E-state index contributed by atoms with van der Waals surface area (Å²) in [6.07, 6.45) is 3.73. The summed E-state index contributed by atoms with van der Waals surface area (Å²) >= 11 is 4.45. The Morgan fingerprint density at radius 2 is 2.09 bits per heavy atom. The topological polar surface area (TPSA) is 91.4 Å². The van der Waals surface area contributed by atoms with Crippen LogP contribution in [0.5, 0.6) is 5.75 Å². The number of nitrogens with one attached hydrogen (secondary N) is 2. The second-order valence-corrected chi connectivity index (χ2v) is 8.56. The quantitative estimate of drug-likeness (QED) is 0.370. The van der Waals surface area contributed by atoms with Crippen LogP contribution in [0.25, 0.3) is 10.9 Å². The number of hydrogen-bond acceptors (Lipinski definition) is 4. The standard InChI is InChI=1S/C25H28N2O4S/c1-2-31-17-8-10-18-15(11-17)7-9-20(18)21(14-32)24(28)27-23(25(29)30)12-16-13-26-22-6-4-3-5-19(16)22/h3-6,8,10-11,13,20-21,23,26,32H,2,7,9,12,14H2,1H3,(H,27,28)(H,29,30)/t20?,21?,23-/m0/s1. The zero-order valence-electron chi connectivity index (χ0n) is 18.0. The lowest BCUT2D eigenvalue weighted by Gasteiger charge is -2.24. The lowest BCUT2D eigenvalue weighted by atomic mass is 9.87. The molecule has 168 valence electrons. The molecule has 0 aliphatic heterocycles. The minimum Gasteiger partial charge on any atom is -0.494 e. The fourth-order valence-electron chi connectivity index (χ4n) is 4.69. The Balaban J connectivity index is 1.50. The van der Waals surface area contributed by atoms with Crippen molar-refractivity contribution in [1.29, 1.82) is 0 Å². The Labute approximate surface area is 192 Å². The summed E-state index contributed by atoms with van der Waals surface area (Å²) in [5.74, 6) is -0.511. The number of carbonyl (C=O) groups excluding carboxylic acids is 1. The highest BCUT2D eigenvalue weighted by Gasteiger charge is 2.35. The Hall–Kier alpha value is -2.93. The average Bonchev–Trinajstić information content (AvgIpc) is 3.38. The van der Waals surface area contributed by atoms with Gasteiger partial charge in [0.2, 0.25) is 5.91 Å². The van der Waals surface area contributed by atoms with Gasteiger partial charge in [-0.25, -0.2) is 4.79 Å². The van der Waals surface area contributed by atoms with Gasteiger partial charge in [-0.05, 0) is 60.6 Å². The molecule has 2 unspecified atom stereocenters. The van der Waals surface area contributed by atoms with Crippen molar-refractivity contribution in [1.82, 2.24) is 10.3 Å². The molecular weight excluding hydrogens is 424 g/mol. The molecule has 0 saturated heterocycles. The van der Waals surface area contributed by atoms with Gasteiger partial charge in [-0.15, -0.1) is 0 Å². The molecule has 7 heteroatoms. The predicted molar refractivity (Wildman–Crippen MR) is 128 cm³/mol. The second-order valence-electron chi connectivity index (χ2n) is 8.19. The Bertz CT molecular complexity index is 1130. The third kappa shape index (κ3) is 4.48. The third-order valence-corrected chi connectivity index (χ3v) is 6.68. The molecule has 0 fully saturated rings. The first-order chi connectivity index (χ1) is 15.5. The van der Waals surface area contributed by atoms with E-state index in [1.165, 1.54) is 5.56 Å². The van der Waals surface area contributed by atoms with Crippen molar-refractivity contribution in [2.24, 2.45) is 5.92 Å². The summed E-state index contributed by atoms with van der Waals surface area (Å²) in [4.78, 5) is 28.3. The van der Waals surface area contributed by atoms with Crippen LogP contribution in [0.2, 0.25) is 0 Å². The van der Waals surface area contributed by atoms with E-state index in [1.807, 2.05) is 55.6 Å². The van der Waals surface area contributed by atoms with Crippen LogP contribution in [-0.4, -0.2) is 40.4 Å². The van der Waals surface area contributed by atoms with Crippen LogP contribution in [0, 0.1) is 5.92 Å². The van der Waals surface area contributed by atoms with Crippen molar-refractivity contribution < 1.29 is 19.4 Å².